The maximum Gasteiger partial charge on any atom is 0.227 e. The molecule has 2 fully saturated rings. The van der Waals surface area contributed by atoms with Gasteiger partial charge in [-0.2, -0.15) is 4.98 Å². The Morgan fingerprint density at radius 3 is 2.63 bits per heavy atom. The normalized spacial score (nSPS) is 21.8. The molecule has 4 heteroatoms. The molecule has 0 bridgehead atoms. The Bertz CT molecular complexity index is 406. The van der Waals surface area contributed by atoms with Crippen molar-refractivity contribution in [3.8, 4) is 0 Å². The molecule has 2 aliphatic rings. The smallest absolute Gasteiger partial charge is 0.227 e. The molecule has 4 nitrogen and oxygen atoms in total. The van der Waals surface area contributed by atoms with Crippen LogP contribution in [0.4, 0.5) is 11.8 Å². The lowest BCUT2D eigenvalue weighted by Crippen LogP contribution is -2.34. The molecule has 1 N–H and O–H groups in total. The summed E-state index contributed by atoms with van der Waals surface area (Å²) in [5.74, 6) is 2.74. The van der Waals surface area contributed by atoms with Gasteiger partial charge in [-0.15, -0.1) is 0 Å². The fourth-order valence-electron chi connectivity index (χ4n) is 3.07. The largest absolute Gasteiger partial charge is 0.367 e. The average Bonchev–Trinajstić information content (AvgIpc) is 2.93. The van der Waals surface area contributed by atoms with Crippen molar-refractivity contribution in [2.75, 3.05) is 23.3 Å². The predicted molar refractivity (Wildman–Crippen MR) is 78.5 cm³/mol. The standard InChI is InChI=1S/C15H24N4/c1-12-7-10-19(11-8-12)15-16-9-6-14(18-15)17-13-4-2-3-5-13/h6,9,12-13H,2-5,7-8,10-11H2,1H3,(H,16,17,18). The quantitative estimate of drug-likeness (QED) is 0.907. The van der Waals surface area contributed by atoms with Crippen molar-refractivity contribution in [1.82, 2.24) is 9.97 Å². The Balaban J connectivity index is 1.65. The number of aromatic nitrogens is 2. The molecule has 1 aromatic rings. The molecule has 1 saturated heterocycles. The third kappa shape index (κ3) is 3.17. The molecule has 1 aromatic heterocycles. The summed E-state index contributed by atoms with van der Waals surface area (Å²) in [5, 5.41) is 3.55. The SMILES string of the molecule is CC1CCN(c2nccc(NC3CCCC3)n2)CC1. The van der Waals surface area contributed by atoms with Gasteiger partial charge in [-0.1, -0.05) is 19.8 Å². The van der Waals surface area contributed by atoms with Crippen molar-refractivity contribution >= 4 is 11.8 Å². The van der Waals surface area contributed by atoms with Crippen LogP contribution in [0.25, 0.3) is 0 Å². The third-order valence-electron chi connectivity index (χ3n) is 4.42. The summed E-state index contributed by atoms with van der Waals surface area (Å²) in [6.45, 7) is 4.51. The van der Waals surface area contributed by atoms with Crippen molar-refractivity contribution in [3.05, 3.63) is 12.3 Å². The Kier molecular flexibility index (Phi) is 3.85. The summed E-state index contributed by atoms with van der Waals surface area (Å²) < 4.78 is 0. The van der Waals surface area contributed by atoms with E-state index in [2.05, 4.69) is 27.1 Å². The van der Waals surface area contributed by atoms with Crippen LogP contribution >= 0.6 is 0 Å². The van der Waals surface area contributed by atoms with Crippen LogP contribution in [0.2, 0.25) is 0 Å². The van der Waals surface area contributed by atoms with E-state index in [0.717, 1.165) is 30.8 Å². The number of piperidine rings is 1. The lowest BCUT2D eigenvalue weighted by molar-refractivity contribution is 0.434. The molecule has 3 rings (SSSR count). The number of anilines is 2. The van der Waals surface area contributed by atoms with Crippen molar-refractivity contribution in [3.63, 3.8) is 0 Å². The molecular formula is C15H24N4. The van der Waals surface area contributed by atoms with Crippen LogP contribution in [0.5, 0.6) is 0 Å². The van der Waals surface area contributed by atoms with Crippen LogP contribution in [0, 0.1) is 5.92 Å². The second-order valence-corrected chi connectivity index (χ2v) is 6.04. The van der Waals surface area contributed by atoms with E-state index in [1.165, 1.54) is 38.5 Å². The number of hydrogen-bond donors (Lipinski definition) is 1. The molecule has 0 unspecified atom stereocenters. The lowest BCUT2D eigenvalue weighted by atomic mass is 10.00. The summed E-state index contributed by atoms with van der Waals surface area (Å²) in [7, 11) is 0. The lowest BCUT2D eigenvalue weighted by Gasteiger charge is -2.30. The van der Waals surface area contributed by atoms with Gasteiger partial charge in [0.25, 0.3) is 0 Å². The highest BCUT2D eigenvalue weighted by Gasteiger charge is 2.19. The van der Waals surface area contributed by atoms with E-state index in [9.17, 15) is 0 Å². The summed E-state index contributed by atoms with van der Waals surface area (Å²) >= 11 is 0. The van der Waals surface area contributed by atoms with Crippen molar-refractivity contribution in [2.24, 2.45) is 5.92 Å². The predicted octanol–water partition coefficient (Wildman–Crippen LogP) is 3.07. The van der Waals surface area contributed by atoms with Crippen molar-refractivity contribution < 1.29 is 0 Å². The molecule has 0 atom stereocenters. The number of nitrogens with one attached hydrogen (secondary N) is 1. The van der Waals surface area contributed by atoms with E-state index in [1.807, 2.05) is 12.3 Å². The van der Waals surface area contributed by atoms with E-state index in [-0.39, 0.29) is 0 Å². The minimum absolute atomic E-state index is 0.615. The zero-order valence-electron chi connectivity index (χ0n) is 11.8. The van der Waals surface area contributed by atoms with Crippen LogP contribution in [-0.4, -0.2) is 29.1 Å². The Morgan fingerprint density at radius 2 is 1.89 bits per heavy atom. The van der Waals surface area contributed by atoms with E-state index in [4.69, 9.17) is 0 Å². The third-order valence-corrected chi connectivity index (χ3v) is 4.42. The highest BCUT2D eigenvalue weighted by molar-refractivity contribution is 5.42. The van der Waals surface area contributed by atoms with Crippen LogP contribution < -0.4 is 10.2 Å². The molecule has 0 radical (unpaired) electrons. The van der Waals surface area contributed by atoms with E-state index in [1.54, 1.807) is 0 Å². The molecule has 19 heavy (non-hydrogen) atoms. The zero-order valence-corrected chi connectivity index (χ0v) is 11.8. The fraction of sp³-hybridized carbons (Fsp3) is 0.733. The van der Waals surface area contributed by atoms with Crippen molar-refractivity contribution in [1.29, 1.82) is 0 Å². The van der Waals surface area contributed by atoms with Crippen molar-refractivity contribution in [2.45, 2.75) is 51.5 Å². The first-order valence-electron chi connectivity index (χ1n) is 7.66. The molecule has 1 aliphatic heterocycles. The molecular weight excluding hydrogens is 236 g/mol. The highest BCUT2D eigenvalue weighted by Crippen LogP contribution is 2.23. The zero-order chi connectivity index (χ0) is 13.1. The maximum absolute atomic E-state index is 4.69. The summed E-state index contributed by atoms with van der Waals surface area (Å²) in [6, 6.07) is 2.61. The van der Waals surface area contributed by atoms with Crippen LogP contribution in [-0.2, 0) is 0 Å². The Morgan fingerprint density at radius 1 is 1.16 bits per heavy atom. The number of nitrogens with zero attached hydrogens (tertiary/aromatic N) is 3. The minimum atomic E-state index is 0.615. The number of rotatable bonds is 3. The first kappa shape index (κ1) is 12.7. The van der Waals surface area contributed by atoms with Gasteiger partial charge in [0.15, 0.2) is 0 Å². The van der Waals surface area contributed by atoms with E-state index < -0.39 is 0 Å². The highest BCUT2D eigenvalue weighted by atomic mass is 15.3. The van der Waals surface area contributed by atoms with Crippen LogP contribution in [0.3, 0.4) is 0 Å². The average molecular weight is 260 g/mol. The summed E-state index contributed by atoms with van der Waals surface area (Å²) in [5.41, 5.74) is 0. The first-order valence-corrected chi connectivity index (χ1v) is 7.66. The van der Waals surface area contributed by atoms with E-state index >= 15 is 0 Å². The molecule has 1 saturated carbocycles. The Hall–Kier alpha value is -1.32. The van der Waals surface area contributed by atoms with Gasteiger partial charge in [0, 0.05) is 25.3 Å². The van der Waals surface area contributed by atoms with Gasteiger partial charge >= 0.3 is 0 Å². The van der Waals surface area contributed by atoms with Crippen LogP contribution in [0.15, 0.2) is 12.3 Å². The molecule has 0 spiro atoms. The Labute approximate surface area is 115 Å². The topological polar surface area (TPSA) is 41.1 Å². The monoisotopic (exact) mass is 260 g/mol. The summed E-state index contributed by atoms with van der Waals surface area (Å²) in [4.78, 5) is 11.4. The molecule has 2 heterocycles. The van der Waals surface area contributed by atoms with Gasteiger partial charge in [-0.3, -0.25) is 0 Å². The van der Waals surface area contributed by atoms with Gasteiger partial charge in [0.05, 0.1) is 0 Å². The van der Waals surface area contributed by atoms with E-state index in [0.29, 0.717) is 6.04 Å². The molecule has 0 aromatic carbocycles. The first-order chi connectivity index (χ1) is 9.31. The van der Waals surface area contributed by atoms with Gasteiger partial charge in [0.1, 0.15) is 5.82 Å². The summed E-state index contributed by atoms with van der Waals surface area (Å²) in [6.07, 6.45) is 9.64. The molecule has 104 valence electrons. The van der Waals surface area contributed by atoms with Gasteiger partial charge in [-0.05, 0) is 37.7 Å². The minimum Gasteiger partial charge on any atom is -0.367 e. The number of hydrogen-bond acceptors (Lipinski definition) is 4. The van der Waals surface area contributed by atoms with Gasteiger partial charge < -0.3 is 10.2 Å². The molecule has 1 aliphatic carbocycles. The second-order valence-electron chi connectivity index (χ2n) is 6.04. The second kappa shape index (κ2) is 5.76. The van der Waals surface area contributed by atoms with Gasteiger partial charge in [-0.25, -0.2) is 4.98 Å². The van der Waals surface area contributed by atoms with Gasteiger partial charge in [0.2, 0.25) is 5.95 Å². The fourth-order valence-corrected chi connectivity index (χ4v) is 3.07. The maximum atomic E-state index is 4.69. The molecule has 0 amide bonds. The van der Waals surface area contributed by atoms with Crippen LogP contribution in [0.1, 0.15) is 45.4 Å².